The third kappa shape index (κ3) is 12.8. The van der Waals surface area contributed by atoms with E-state index in [1.807, 2.05) is 87.1 Å². The van der Waals surface area contributed by atoms with Crippen molar-refractivity contribution in [3.8, 4) is 34.1 Å². The number of phenolic OH excluding ortho intramolecular Hbond substituents is 1. The summed E-state index contributed by atoms with van der Waals surface area (Å²) in [4.78, 5) is 39.0. The fourth-order valence-corrected chi connectivity index (χ4v) is 11.2. The third-order valence-electron chi connectivity index (χ3n) is 15.7. The summed E-state index contributed by atoms with van der Waals surface area (Å²) in [5.41, 5.74) is 11.7. The van der Waals surface area contributed by atoms with Crippen LogP contribution in [0.25, 0.3) is 22.5 Å². The van der Waals surface area contributed by atoms with E-state index in [9.17, 15) is 19.8 Å². The SMILES string of the molecule is CC(C)C(C(=O)N1C[C@H](O)C[C@H]1C(=O)N[C@@H](C)c1ccc(-c2ccnn2C)cc1)c1cc(N2CCC(CN3CCC(OC4CC(Oc5cc(NCCNc6cc(-c7ccccc7O)nnc6N)ccn5)C4)CC3)CC2)no1. The number of aromatic hydroxyl groups is 1. The molecule has 20 nitrogen and oxygen atoms in total. The van der Waals surface area contributed by atoms with Crippen LogP contribution in [-0.2, 0) is 21.4 Å². The zero-order valence-electron chi connectivity index (χ0n) is 44.5. The lowest BCUT2D eigenvalue weighted by atomic mass is 9.91. The summed E-state index contributed by atoms with van der Waals surface area (Å²) in [6.45, 7) is 11.9. The zero-order valence-corrected chi connectivity index (χ0v) is 44.5. The Labute approximate surface area is 449 Å². The highest BCUT2D eigenvalue weighted by Crippen LogP contribution is 2.36. The lowest BCUT2D eigenvalue weighted by molar-refractivity contribution is -0.141. The van der Waals surface area contributed by atoms with E-state index in [4.69, 9.17) is 19.7 Å². The van der Waals surface area contributed by atoms with Crippen LogP contribution in [0.3, 0.4) is 0 Å². The summed E-state index contributed by atoms with van der Waals surface area (Å²) in [5.74, 6) is 1.46. The maximum Gasteiger partial charge on any atom is 0.243 e. The third-order valence-corrected chi connectivity index (χ3v) is 15.7. The second kappa shape index (κ2) is 23.9. The minimum Gasteiger partial charge on any atom is -0.507 e. The van der Waals surface area contributed by atoms with E-state index < -0.39 is 18.1 Å². The molecule has 1 aliphatic carbocycles. The number of nitrogens with one attached hydrogen (secondary N) is 3. The molecule has 77 heavy (non-hydrogen) atoms. The van der Waals surface area contributed by atoms with Gasteiger partial charge >= 0.3 is 0 Å². The number of likely N-dealkylation sites (tertiary alicyclic amines) is 2. The predicted octanol–water partition coefficient (Wildman–Crippen LogP) is 6.63. The number of anilines is 4. The summed E-state index contributed by atoms with van der Waals surface area (Å²) in [5, 5.41) is 47.8. The molecular formula is C57H73N13O7. The Bertz CT molecular complexity index is 2930. The first-order valence-corrected chi connectivity index (χ1v) is 27.3. The number of amides is 2. The van der Waals surface area contributed by atoms with Crippen LogP contribution in [0, 0.1) is 11.8 Å². The van der Waals surface area contributed by atoms with Gasteiger partial charge in [0.2, 0.25) is 17.7 Å². The van der Waals surface area contributed by atoms with Crippen molar-refractivity contribution in [3.05, 3.63) is 103 Å². The molecular weight excluding hydrogens is 979 g/mol. The molecule has 7 N–H and O–H groups in total. The van der Waals surface area contributed by atoms with E-state index >= 15 is 0 Å². The number of carbonyl (C=O) groups excluding carboxylic acids is 2. The fourth-order valence-electron chi connectivity index (χ4n) is 11.2. The molecule has 2 aromatic carbocycles. The highest BCUT2D eigenvalue weighted by Gasteiger charge is 2.44. The number of nitrogens with two attached hydrogens (primary N) is 1. The number of ether oxygens (including phenoxy) is 2. The average molecular weight is 1050 g/mol. The number of phenols is 1. The van der Waals surface area contributed by atoms with Crippen LogP contribution in [0.15, 0.2) is 95.8 Å². The Morgan fingerprint density at radius 1 is 0.857 bits per heavy atom. The zero-order chi connectivity index (χ0) is 53.6. The number of piperidine rings is 2. The number of aryl methyl sites for hydroxylation is 1. The van der Waals surface area contributed by atoms with Crippen LogP contribution in [-0.4, -0.2) is 145 Å². The van der Waals surface area contributed by atoms with Gasteiger partial charge in [0.05, 0.1) is 41.4 Å². The molecule has 4 atom stereocenters. The van der Waals surface area contributed by atoms with Crippen LogP contribution >= 0.6 is 0 Å². The van der Waals surface area contributed by atoms with Crippen LogP contribution in [0.1, 0.15) is 89.0 Å². The topological polar surface area (TPSA) is 247 Å². The number of para-hydroxylation sites is 1. The van der Waals surface area contributed by atoms with Crippen LogP contribution < -0.4 is 31.3 Å². The molecule has 3 saturated heterocycles. The van der Waals surface area contributed by atoms with Gasteiger partial charge in [-0.05, 0) is 85.9 Å². The summed E-state index contributed by atoms with van der Waals surface area (Å²) in [7, 11) is 1.90. The van der Waals surface area contributed by atoms with Gasteiger partial charge in [-0.25, -0.2) is 4.98 Å². The maximum absolute atomic E-state index is 14.4. The number of rotatable bonds is 20. The number of hydrogen-bond acceptors (Lipinski definition) is 17. The molecule has 4 fully saturated rings. The van der Waals surface area contributed by atoms with Gasteiger partial charge in [-0.3, -0.25) is 14.3 Å². The molecule has 0 spiro atoms. The molecule has 2 amide bonds. The van der Waals surface area contributed by atoms with Crippen molar-refractivity contribution in [1.82, 2.24) is 45.2 Å². The maximum atomic E-state index is 14.4. The second-order valence-electron chi connectivity index (χ2n) is 21.6. The first kappa shape index (κ1) is 53.1. The number of β-amino-alcohol motifs (C(OH)–C–C–N with tert-alkyl or cyclic N) is 1. The van der Waals surface area contributed by atoms with Gasteiger partial charge in [-0.2, -0.15) is 5.10 Å². The Kier molecular flexibility index (Phi) is 16.5. The van der Waals surface area contributed by atoms with Crippen molar-refractivity contribution < 1.29 is 33.8 Å². The molecule has 7 heterocycles. The highest BCUT2D eigenvalue weighted by molar-refractivity contribution is 5.91. The van der Waals surface area contributed by atoms with Gasteiger partial charge in [0.1, 0.15) is 23.8 Å². The Balaban J connectivity index is 0.619. The molecule has 20 heteroatoms. The Morgan fingerprint density at radius 3 is 2.36 bits per heavy atom. The van der Waals surface area contributed by atoms with Crippen LogP contribution in [0.2, 0.25) is 0 Å². The van der Waals surface area contributed by atoms with Crippen LogP contribution in [0.4, 0.5) is 23.0 Å². The molecule has 10 rings (SSSR count). The highest BCUT2D eigenvalue weighted by atomic mass is 16.5. The van der Waals surface area contributed by atoms with E-state index in [2.05, 4.69) is 51.2 Å². The average Bonchev–Trinajstić information content (AvgIpc) is 4.21. The number of nitrogens with zero attached hydrogens (tertiary/aromatic N) is 9. The molecule has 408 valence electrons. The first-order chi connectivity index (χ1) is 37.3. The summed E-state index contributed by atoms with van der Waals surface area (Å²) < 4.78 is 20.6. The van der Waals surface area contributed by atoms with Crippen molar-refractivity contribution in [2.45, 2.75) is 108 Å². The monoisotopic (exact) mass is 1050 g/mol. The molecule has 4 aliphatic rings. The largest absolute Gasteiger partial charge is 0.507 e. The number of aliphatic hydroxyl groups is 1. The molecule has 4 aromatic heterocycles. The molecule has 1 unspecified atom stereocenters. The van der Waals surface area contributed by atoms with E-state index in [-0.39, 0.29) is 66.6 Å². The number of hydrogen-bond donors (Lipinski definition) is 6. The van der Waals surface area contributed by atoms with E-state index in [1.54, 1.807) is 36.7 Å². The normalized spacial score (nSPS) is 21.2. The van der Waals surface area contributed by atoms with Gasteiger partial charge in [0, 0.05) is 114 Å². The smallest absolute Gasteiger partial charge is 0.243 e. The Hall–Kier alpha value is -7.29. The molecule has 6 aromatic rings. The Morgan fingerprint density at radius 2 is 1.62 bits per heavy atom. The van der Waals surface area contributed by atoms with Crippen molar-refractivity contribution in [3.63, 3.8) is 0 Å². The van der Waals surface area contributed by atoms with E-state index in [0.29, 0.717) is 47.6 Å². The molecule has 3 aliphatic heterocycles. The van der Waals surface area contributed by atoms with Gasteiger partial charge in [-0.15, -0.1) is 10.2 Å². The summed E-state index contributed by atoms with van der Waals surface area (Å²) in [6, 6.07) is 23.3. The lowest BCUT2D eigenvalue weighted by Crippen LogP contribution is -2.48. The molecule has 0 bridgehead atoms. The minimum atomic E-state index is -0.807. The second-order valence-corrected chi connectivity index (χ2v) is 21.6. The van der Waals surface area contributed by atoms with Gasteiger partial charge in [0.25, 0.3) is 0 Å². The van der Waals surface area contributed by atoms with Crippen molar-refractivity contribution >= 4 is 34.8 Å². The molecule has 0 radical (unpaired) electrons. The number of aliphatic hydroxyl groups excluding tert-OH is 1. The number of pyridine rings is 1. The summed E-state index contributed by atoms with van der Waals surface area (Å²) >= 11 is 0. The number of nitrogen functional groups attached to an aromatic ring is 1. The van der Waals surface area contributed by atoms with Crippen molar-refractivity contribution in [2.75, 3.05) is 73.6 Å². The van der Waals surface area contributed by atoms with Gasteiger partial charge in [0.15, 0.2) is 17.4 Å². The number of aromatic nitrogens is 6. The summed E-state index contributed by atoms with van der Waals surface area (Å²) in [6.07, 6.45) is 9.21. The van der Waals surface area contributed by atoms with Gasteiger partial charge < -0.3 is 60.6 Å². The fraction of sp³-hybridized carbons (Fsp3) is 0.491. The number of benzene rings is 2. The lowest BCUT2D eigenvalue weighted by Gasteiger charge is -2.41. The quantitative estimate of drug-likeness (QED) is 0.0440. The number of carbonyl (C=O) groups is 2. The predicted molar refractivity (Wildman–Crippen MR) is 293 cm³/mol. The molecule has 1 saturated carbocycles. The van der Waals surface area contributed by atoms with E-state index in [0.717, 1.165) is 99.6 Å². The van der Waals surface area contributed by atoms with Crippen molar-refractivity contribution in [1.29, 1.82) is 0 Å². The van der Waals surface area contributed by atoms with Crippen LogP contribution in [0.5, 0.6) is 11.6 Å². The van der Waals surface area contributed by atoms with Crippen molar-refractivity contribution in [2.24, 2.45) is 18.9 Å². The first-order valence-electron chi connectivity index (χ1n) is 27.3. The van der Waals surface area contributed by atoms with Gasteiger partial charge in [-0.1, -0.05) is 55.4 Å². The minimum absolute atomic E-state index is 0.0699. The standard InChI is InChI=1S/C57H73N13O7/c1-35(2)54(57(74)70-34-41(71)28-49(70)56(73)63-36(3)38-9-11-39(12-10-38)48-14-20-62-67(48)4)51-32-52(66-77-51)69-25-15-37(16-26-69)33-68-23-17-42(18-24-68)75-43-29-44(30-43)76-53-27-40(13-19-61-53)59-21-22-60-47-31-46(64-65-55(47)58)45-7-5-6-8-50(45)72/h5-14,19-20,27,31-32,35-37,41-44,49,54,71-72H,15-18,21-26,28-30,33-34H2,1-4H3,(H2,58,65)(H,59,61)(H,60,64)(H,63,73)/t36-,41+,43?,44?,49-,54?/m0/s1. The van der Waals surface area contributed by atoms with E-state index in [1.165, 1.54) is 4.90 Å².